The van der Waals surface area contributed by atoms with Crippen LogP contribution in [0.4, 0.5) is 4.79 Å². The normalized spacial score (nSPS) is 19.9. The van der Waals surface area contributed by atoms with Crippen molar-refractivity contribution >= 4 is 50.4 Å². The molecule has 0 aliphatic carbocycles. The summed E-state index contributed by atoms with van der Waals surface area (Å²) in [6.07, 6.45) is 0. The number of fused-ring (bicyclic) bond motifs is 4. The summed E-state index contributed by atoms with van der Waals surface area (Å²) < 4.78 is 12.3. The second kappa shape index (κ2) is 6.79. The minimum atomic E-state index is -1.56. The summed E-state index contributed by atoms with van der Waals surface area (Å²) in [5.41, 5.74) is 1.11. The maximum absolute atomic E-state index is 13.2. The molecule has 1 fully saturated rings. The molecule has 1 saturated heterocycles. The van der Waals surface area contributed by atoms with E-state index in [1.165, 1.54) is 12.0 Å². The van der Waals surface area contributed by atoms with E-state index in [-0.39, 0.29) is 18.2 Å². The number of imide groups is 1. The molecule has 4 aromatic rings. The van der Waals surface area contributed by atoms with Gasteiger partial charge >= 0.3 is 6.03 Å². The Kier molecular flexibility index (Phi) is 4.06. The van der Waals surface area contributed by atoms with E-state index in [9.17, 15) is 14.4 Å². The number of nitrogens with zero attached hydrogens (tertiary/aromatic N) is 2. The second-order valence-corrected chi connectivity index (χ2v) is 9.40. The maximum Gasteiger partial charge on any atom is 0.322 e. The molecule has 2 N–H and O–H groups in total. The monoisotopic (exact) mass is 462 g/mol. The molecule has 4 heterocycles. The number of aryl methyl sites for hydroxylation is 1. The van der Waals surface area contributed by atoms with Crippen molar-refractivity contribution in [3.05, 3.63) is 58.3 Å². The molecule has 2 aliphatic rings. The number of ether oxygens (including phenoxy) is 1. The summed E-state index contributed by atoms with van der Waals surface area (Å²) in [5.74, 6) is 0.00946. The van der Waals surface area contributed by atoms with Crippen LogP contribution in [-0.2, 0) is 16.9 Å². The van der Waals surface area contributed by atoms with Crippen LogP contribution in [-0.4, -0.2) is 41.4 Å². The molecule has 4 amide bonds. The van der Waals surface area contributed by atoms with Gasteiger partial charge in [0.05, 0.1) is 28.9 Å². The van der Waals surface area contributed by atoms with Crippen molar-refractivity contribution < 1.29 is 23.5 Å². The first-order valence-electron chi connectivity index (χ1n) is 10.3. The van der Waals surface area contributed by atoms with Gasteiger partial charge in [0.2, 0.25) is 0 Å². The molecule has 1 atom stereocenters. The van der Waals surface area contributed by atoms with E-state index in [0.29, 0.717) is 23.4 Å². The highest BCUT2D eigenvalue weighted by molar-refractivity contribution is 7.18. The number of amides is 4. The van der Waals surface area contributed by atoms with Crippen molar-refractivity contribution in [1.29, 1.82) is 0 Å². The minimum absolute atomic E-state index is 0.0839. The van der Waals surface area contributed by atoms with Gasteiger partial charge in [-0.25, -0.2) is 9.78 Å². The molecular formula is C23H18N4O5S. The summed E-state index contributed by atoms with van der Waals surface area (Å²) in [7, 11) is 1.54. The topological polar surface area (TPSA) is 114 Å². The van der Waals surface area contributed by atoms with Gasteiger partial charge in [-0.1, -0.05) is 6.07 Å². The van der Waals surface area contributed by atoms with Gasteiger partial charge in [-0.3, -0.25) is 14.9 Å². The van der Waals surface area contributed by atoms with Crippen LogP contribution in [0.15, 0.2) is 40.8 Å². The average molecular weight is 462 g/mol. The number of carbonyl (C=O) groups is 3. The number of rotatable bonds is 4. The lowest BCUT2D eigenvalue weighted by Gasteiger charge is -2.29. The quantitative estimate of drug-likeness (QED) is 0.451. The van der Waals surface area contributed by atoms with Crippen LogP contribution in [0.2, 0.25) is 0 Å². The number of furan rings is 1. The molecule has 2 aromatic heterocycles. The Bertz CT molecular complexity index is 1510. The highest BCUT2D eigenvalue weighted by atomic mass is 32.1. The molecule has 0 radical (unpaired) electrons. The second-order valence-electron chi connectivity index (χ2n) is 8.17. The molecular weight excluding hydrogens is 444 g/mol. The van der Waals surface area contributed by atoms with Gasteiger partial charge in [-0.2, -0.15) is 0 Å². The summed E-state index contributed by atoms with van der Waals surface area (Å²) in [4.78, 5) is 44.6. The fourth-order valence-corrected chi connectivity index (χ4v) is 5.40. The van der Waals surface area contributed by atoms with E-state index < -0.39 is 17.5 Å². The number of carbonyl (C=O) groups excluding carboxylic acids is 3. The third-order valence-electron chi connectivity index (χ3n) is 6.15. The fraction of sp³-hybridized carbons (Fsp3) is 0.217. The molecule has 6 rings (SSSR count). The van der Waals surface area contributed by atoms with E-state index in [0.717, 1.165) is 26.2 Å². The van der Waals surface area contributed by atoms with Crippen molar-refractivity contribution in [1.82, 2.24) is 20.5 Å². The van der Waals surface area contributed by atoms with E-state index in [1.807, 2.05) is 25.1 Å². The Hall–Kier alpha value is -3.92. The number of thiazole rings is 1. The van der Waals surface area contributed by atoms with Gasteiger partial charge in [0.15, 0.2) is 5.54 Å². The van der Waals surface area contributed by atoms with Crippen LogP contribution in [0.3, 0.4) is 0 Å². The predicted octanol–water partition coefficient (Wildman–Crippen LogP) is 3.05. The Morgan fingerprint density at radius 1 is 1.21 bits per heavy atom. The Morgan fingerprint density at radius 3 is 2.82 bits per heavy atom. The summed E-state index contributed by atoms with van der Waals surface area (Å²) in [6.45, 7) is 2.15. The lowest BCUT2D eigenvalue weighted by molar-refractivity contribution is -0.125. The van der Waals surface area contributed by atoms with Gasteiger partial charge in [0.1, 0.15) is 17.1 Å². The maximum atomic E-state index is 13.2. The molecule has 0 saturated carbocycles. The lowest BCUT2D eigenvalue weighted by atomic mass is 9.95. The van der Waals surface area contributed by atoms with Gasteiger partial charge < -0.3 is 19.4 Å². The van der Waals surface area contributed by atoms with Crippen LogP contribution in [0.25, 0.3) is 21.2 Å². The van der Waals surface area contributed by atoms with Crippen LogP contribution in [0, 0.1) is 6.92 Å². The molecule has 33 heavy (non-hydrogen) atoms. The van der Waals surface area contributed by atoms with E-state index >= 15 is 0 Å². The molecule has 0 unspecified atom stereocenters. The molecule has 0 spiro atoms. The largest absolute Gasteiger partial charge is 0.497 e. The third-order valence-corrected chi connectivity index (χ3v) is 7.08. The molecule has 166 valence electrons. The zero-order valence-corrected chi connectivity index (χ0v) is 18.5. The highest BCUT2D eigenvalue weighted by Crippen LogP contribution is 2.37. The van der Waals surface area contributed by atoms with Crippen molar-refractivity contribution in [3.8, 4) is 5.75 Å². The molecule has 9 nitrogen and oxygen atoms in total. The smallest absolute Gasteiger partial charge is 0.322 e. The van der Waals surface area contributed by atoms with Crippen molar-refractivity contribution in [2.75, 3.05) is 13.7 Å². The lowest BCUT2D eigenvalue weighted by Crippen LogP contribution is -2.52. The van der Waals surface area contributed by atoms with Crippen LogP contribution >= 0.6 is 11.3 Å². The number of methoxy groups -OCH3 is 1. The first-order chi connectivity index (χ1) is 15.9. The van der Waals surface area contributed by atoms with Gasteiger partial charge in [0, 0.05) is 17.5 Å². The van der Waals surface area contributed by atoms with Crippen LogP contribution in [0.5, 0.6) is 5.75 Å². The standard InChI is InChI=1S/C23H18N4O5S/c1-11-24-19-15-8-18(32-16(15)5-6-17(19)33-11)23(21(29)25-22(30)26-23)10-27-9-12-3-4-13(31-2)7-14(12)20(27)28/h3-8H,9-10H2,1-2H3,(H2,25,26,29,30)/t23-/m0/s1. The SMILES string of the molecule is COc1ccc2c(c1)C(=O)N(C[C@@]1(c3cc4c(ccc5sc(C)nc54)o3)NC(=O)NC1=O)C2. The molecule has 10 heteroatoms. The number of nitrogens with one attached hydrogen (secondary N) is 2. The Morgan fingerprint density at radius 2 is 2.06 bits per heavy atom. The van der Waals surface area contributed by atoms with Crippen molar-refractivity contribution in [2.45, 2.75) is 19.0 Å². The van der Waals surface area contributed by atoms with E-state index in [4.69, 9.17) is 9.15 Å². The van der Waals surface area contributed by atoms with Crippen molar-refractivity contribution in [3.63, 3.8) is 0 Å². The number of aromatic nitrogens is 1. The highest BCUT2D eigenvalue weighted by Gasteiger charge is 2.53. The number of urea groups is 1. The van der Waals surface area contributed by atoms with E-state index in [1.54, 1.807) is 29.5 Å². The van der Waals surface area contributed by atoms with Crippen LogP contribution in [0.1, 0.15) is 26.7 Å². The zero-order chi connectivity index (χ0) is 22.9. The van der Waals surface area contributed by atoms with Crippen molar-refractivity contribution in [2.24, 2.45) is 0 Å². The summed E-state index contributed by atoms with van der Waals surface area (Å²) in [5, 5.41) is 6.68. The van der Waals surface area contributed by atoms with Crippen LogP contribution < -0.4 is 15.4 Å². The Balaban J connectivity index is 1.44. The van der Waals surface area contributed by atoms with Gasteiger partial charge in [-0.15, -0.1) is 11.3 Å². The predicted molar refractivity (Wildman–Crippen MR) is 120 cm³/mol. The summed E-state index contributed by atoms with van der Waals surface area (Å²) in [6, 6.07) is 10.1. The molecule has 2 aromatic carbocycles. The zero-order valence-electron chi connectivity index (χ0n) is 17.7. The number of hydrogen-bond donors (Lipinski definition) is 2. The molecule has 2 aliphatic heterocycles. The van der Waals surface area contributed by atoms with Gasteiger partial charge in [0.25, 0.3) is 11.8 Å². The molecule has 0 bridgehead atoms. The van der Waals surface area contributed by atoms with Gasteiger partial charge in [-0.05, 0) is 42.8 Å². The number of benzene rings is 2. The summed E-state index contributed by atoms with van der Waals surface area (Å²) >= 11 is 1.57. The third kappa shape index (κ3) is 2.83. The number of hydrogen-bond acceptors (Lipinski definition) is 7. The first-order valence-corrected chi connectivity index (χ1v) is 11.1. The Labute approximate surface area is 191 Å². The first kappa shape index (κ1) is 19.7. The fourth-order valence-electron chi connectivity index (χ4n) is 4.56. The average Bonchev–Trinajstić information content (AvgIpc) is 3.52. The minimum Gasteiger partial charge on any atom is -0.497 e. The van der Waals surface area contributed by atoms with E-state index in [2.05, 4.69) is 15.6 Å².